The molecule has 50 heavy (non-hydrogen) atoms. The van der Waals surface area contributed by atoms with Crippen molar-refractivity contribution in [3.63, 3.8) is 0 Å². The third kappa shape index (κ3) is 6.55. The van der Waals surface area contributed by atoms with E-state index in [1.165, 1.54) is 0 Å². The highest BCUT2D eigenvalue weighted by molar-refractivity contribution is 6.30. The van der Waals surface area contributed by atoms with E-state index in [0.29, 0.717) is 11.4 Å². The van der Waals surface area contributed by atoms with Crippen LogP contribution in [0.15, 0.2) is 210 Å². The number of fused-ring (bicyclic) bond motifs is 3. The van der Waals surface area contributed by atoms with Gasteiger partial charge in [-0.3, -0.25) is 0 Å². The Labute approximate surface area is 293 Å². The van der Waals surface area contributed by atoms with Crippen molar-refractivity contribution in [3.05, 3.63) is 238 Å². The first-order chi connectivity index (χ1) is 24.5. The summed E-state index contributed by atoms with van der Waals surface area (Å²) < 4.78 is 0. The van der Waals surface area contributed by atoms with Crippen LogP contribution in [0.25, 0.3) is 22.3 Å². The van der Waals surface area contributed by atoms with E-state index in [4.69, 9.17) is 16.5 Å². The smallest absolute Gasteiger partial charge is 0.0737 e. The van der Waals surface area contributed by atoms with E-state index in [2.05, 4.69) is 103 Å². The maximum atomic E-state index is 6.89. The number of nitrogens with zero attached hydrogens (tertiary/aromatic N) is 1. The van der Waals surface area contributed by atoms with Crippen LogP contribution >= 0.6 is 0 Å². The standard InChI is InChI=1S/C46H38N4/c1-31-23-25-37(47)45(35-19-11-5-12-20-35)38(48)26-24-32(2)44(34-17-9-4-10-18-34)40-28-30-42(50-40)46(36-21-13-6-14-22-36)41-29-27-39(49-41)43(31)33-15-7-3-8-16-33/h3-30,49H,1,47-48H2,2H3/b25-23-,32-24+,38-26-,43-39+,44-40+,45-37-,46-41-. The van der Waals surface area contributed by atoms with Gasteiger partial charge >= 0.3 is 0 Å². The highest BCUT2D eigenvalue weighted by Crippen LogP contribution is 2.33. The fourth-order valence-corrected chi connectivity index (χ4v) is 6.52. The predicted octanol–water partition coefficient (Wildman–Crippen LogP) is 8.12. The van der Waals surface area contributed by atoms with Crippen LogP contribution in [0.2, 0.25) is 0 Å². The second-order valence-corrected chi connectivity index (χ2v) is 12.3. The number of benzene rings is 4. The summed E-state index contributed by atoms with van der Waals surface area (Å²) in [6, 6.07) is 45.3. The van der Waals surface area contributed by atoms with Crippen molar-refractivity contribution >= 4 is 28.0 Å². The van der Waals surface area contributed by atoms with Crippen molar-refractivity contribution in [2.75, 3.05) is 0 Å². The van der Waals surface area contributed by atoms with Gasteiger partial charge in [-0.2, -0.15) is 0 Å². The van der Waals surface area contributed by atoms with Gasteiger partial charge in [0.15, 0.2) is 0 Å². The maximum absolute atomic E-state index is 6.89. The first-order valence-corrected chi connectivity index (χ1v) is 16.7. The van der Waals surface area contributed by atoms with Gasteiger partial charge in [0.05, 0.1) is 11.4 Å². The molecule has 4 aromatic carbocycles. The molecule has 4 heteroatoms. The molecule has 5 aromatic rings. The number of allylic oxidation sites excluding steroid dienone is 10. The second-order valence-electron chi connectivity index (χ2n) is 12.3. The molecule has 4 bridgehead atoms. The van der Waals surface area contributed by atoms with Crippen LogP contribution in [0.5, 0.6) is 0 Å². The Hall–Kier alpha value is -6.65. The zero-order chi connectivity index (χ0) is 34.5. The van der Waals surface area contributed by atoms with Crippen LogP contribution in [0, 0.1) is 0 Å². The summed E-state index contributed by atoms with van der Waals surface area (Å²) >= 11 is 0. The summed E-state index contributed by atoms with van der Waals surface area (Å²) in [6.45, 7) is 6.62. The zero-order valence-corrected chi connectivity index (χ0v) is 28.0. The summed E-state index contributed by atoms with van der Waals surface area (Å²) in [5.41, 5.74) is 26.3. The van der Waals surface area contributed by atoms with Gasteiger partial charge in [-0.15, -0.1) is 0 Å². The van der Waals surface area contributed by atoms with E-state index in [1.807, 2.05) is 85.0 Å². The van der Waals surface area contributed by atoms with Gasteiger partial charge in [0.1, 0.15) is 0 Å². The van der Waals surface area contributed by atoms with Gasteiger partial charge < -0.3 is 16.5 Å². The Morgan fingerprint density at radius 1 is 0.500 bits per heavy atom. The van der Waals surface area contributed by atoms with E-state index in [0.717, 1.165) is 77.8 Å². The van der Waals surface area contributed by atoms with Gasteiger partial charge in [-0.25, -0.2) is 4.99 Å². The molecule has 5 N–H and O–H groups in total. The summed E-state index contributed by atoms with van der Waals surface area (Å²) in [7, 11) is 0. The van der Waals surface area contributed by atoms with E-state index >= 15 is 0 Å². The SMILES string of the molecule is C=C1\C=C/C(N)=C(c2ccccc2)/C(N)=C/C=C(C)/C(c2ccccc2)=C2/C=CC(=N2)/C(c2ccccc2)=c2/cc/c([nH]2)=C/1c1ccccc1. The first-order valence-electron chi connectivity index (χ1n) is 16.7. The number of hydrogen-bond acceptors (Lipinski definition) is 3. The molecule has 0 aliphatic carbocycles. The molecule has 0 amide bonds. The van der Waals surface area contributed by atoms with E-state index in [-0.39, 0.29) is 0 Å². The van der Waals surface area contributed by atoms with Gasteiger partial charge in [-0.05, 0) is 76.8 Å². The maximum Gasteiger partial charge on any atom is 0.0737 e. The van der Waals surface area contributed by atoms with Crippen LogP contribution < -0.4 is 22.2 Å². The van der Waals surface area contributed by atoms with Crippen LogP contribution in [-0.4, -0.2) is 10.7 Å². The molecule has 242 valence electrons. The average Bonchev–Trinajstić information content (AvgIpc) is 3.83. The normalized spacial score (nSPS) is 23.2. The van der Waals surface area contributed by atoms with Gasteiger partial charge in [0.2, 0.25) is 0 Å². The summed E-state index contributed by atoms with van der Waals surface area (Å²) in [5.74, 6) is 0. The number of aromatic amines is 1. The molecular weight excluding hydrogens is 609 g/mol. The molecule has 3 heterocycles. The van der Waals surface area contributed by atoms with Crippen LogP contribution in [0.4, 0.5) is 0 Å². The fraction of sp³-hybridized carbons (Fsp3) is 0.0217. The molecule has 0 saturated carbocycles. The lowest BCUT2D eigenvalue weighted by molar-refractivity contribution is 1.24. The Morgan fingerprint density at radius 2 is 0.980 bits per heavy atom. The third-order valence-corrected chi connectivity index (χ3v) is 8.90. The monoisotopic (exact) mass is 646 g/mol. The highest BCUT2D eigenvalue weighted by Gasteiger charge is 2.19. The third-order valence-electron chi connectivity index (χ3n) is 8.90. The molecule has 1 aromatic heterocycles. The summed E-state index contributed by atoms with van der Waals surface area (Å²) in [5, 5.41) is 1.89. The Kier molecular flexibility index (Phi) is 9.08. The minimum absolute atomic E-state index is 0.534. The van der Waals surface area contributed by atoms with Gasteiger partial charge in [0, 0.05) is 44.4 Å². The fourth-order valence-electron chi connectivity index (χ4n) is 6.52. The minimum atomic E-state index is 0.534. The van der Waals surface area contributed by atoms with Crippen molar-refractivity contribution in [2.45, 2.75) is 6.92 Å². The summed E-state index contributed by atoms with van der Waals surface area (Å²) in [6.07, 6.45) is 12.1. The molecular formula is C46H38N4. The lowest BCUT2D eigenvalue weighted by Crippen LogP contribution is -2.19. The molecule has 0 spiro atoms. The van der Waals surface area contributed by atoms with Crippen molar-refractivity contribution in [1.82, 2.24) is 4.98 Å². The van der Waals surface area contributed by atoms with Crippen LogP contribution in [-0.2, 0) is 0 Å². The predicted molar refractivity (Wildman–Crippen MR) is 210 cm³/mol. The molecule has 7 rings (SSSR count). The Balaban J connectivity index is 1.57. The lowest BCUT2D eigenvalue weighted by Gasteiger charge is -2.13. The number of H-pyrrole nitrogens is 1. The van der Waals surface area contributed by atoms with Crippen LogP contribution in [0.1, 0.15) is 29.2 Å². The van der Waals surface area contributed by atoms with E-state index in [9.17, 15) is 0 Å². The van der Waals surface area contributed by atoms with E-state index in [1.54, 1.807) is 0 Å². The number of aromatic nitrogens is 1. The number of nitrogens with one attached hydrogen (secondary N) is 1. The van der Waals surface area contributed by atoms with Crippen molar-refractivity contribution in [2.24, 2.45) is 16.5 Å². The number of rotatable bonds is 4. The van der Waals surface area contributed by atoms with Crippen LogP contribution in [0.3, 0.4) is 0 Å². The number of aliphatic imine (C=N–C) groups is 1. The molecule has 0 radical (unpaired) electrons. The second kappa shape index (κ2) is 14.2. The Morgan fingerprint density at radius 3 is 1.54 bits per heavy atom. The van der Waals surface area contributed by atoms with Crippen molar-refractivity contribution < 1.29 is 0 Å². The molecule has 2 aliphatic heterocycles. The molecule has 0 fully saturated rings. The number of nitrogens with two attached hydrogens (primary N) is 2. The molecule has 0 unspecified atom stereocenters. The molecule has 0 saturated heterocycles. The highest BCUT2D eigenvalue weighted by atomic mass is 14.8. The minimum Gasteiger partial charge on any atom is -0.398 e. The molecule has 4 nitrogen and oxygen atoms in total. The first kappa shape index (κ1) is 31.9. The summed E-state index contributed by atoms with van der Waals surface area (Å²) in [4.78, 5) is 9.05. The number of hydrogen-bond donors (Lipinski definition) is 3. The molecule has 0 atom stereocenters. The Bertz CT molecular complexity index is 2410. The zero-order valence-electron chi connectivity index (χ0n) is 28.0. The topological polar surface area (TPSA) is 80.2 Å². The molecule has 2 aliphatic rings. The van der Waals surface area contributed by atoms with Gasteiger partial charge in [-0.1, -0.05) is 140 Å². The van der Waals surface area contributed by atoms with Crippen molar-refractivity contribution in [3.8, 4) is 0 Å². The quantitative estimate of drug-likeness (QED) is 0.184. The van der Waals surface area contributed by atoms with Crippen molar-refractivity contribution in [1.29, 1.82) is 0 Å². The largest absolute Gasteiger partial charge is 0.398 e. The van der Waals surface area contributed by atoms with Gasteiger partial charge in [0.25, 0.3) is 0 Å². The lowest BCUT2D eigenvalue weighted by atomic mass is 9.95. The average molecular weight is 647 g/mol. The van der Waals surface area contributed by atoms with E-state index < -0.39 is 0 Å².